The Morgan fingerprint density at radius 3 is 2.89 bits per heavy atom. The number of esters is 1. The number of nitrogens with one attached hydrogen (secondary N) is 2. The molecule has 98 valence electrons. The van der Waals surface area contributed by atoms with E-state index in [0.29, 0.717) is 19.2 Å². The summed E-state index contributed by atoms with van der Waals surface area (Å²) in [5.74, 6) is -0.180. The van der Waals surface area contributed by atoms with Crippen LogP contribution in [0.2, 0.25) is 0 Å². The predicted molar refractivity (Wildman–Crippen MR) is 70.1 cm³/mol. The van der Waals surface area contributed by atoms with Crippen LogP contribution in [0.25, 0.3) is 0 Å². The second kappa shape index (κ2) is 6.52. The molecule has 4 nitrogen and oxygen atoms in total. The number of hydrogen-bond acceptors (Lipinski definition) is 4. The van der Waals surface area contributed by atoms with E-state index in [0.717, 1.165) is 18.5 Å². The zero-order valence-corrected chi connectivity index (χ0v) is 10.7. The summed E-state index contributed by atoms with van der Waals surface area (Å²) in [4.78, 5) is 11.9. The molecule has 0 amide bonds. The molecule has 1 aromatic carbocycles. The standard InChI is InChI=1S/C14H20N2O2/c1-11-7-8-15-13(9-16-11)14(17)18-10-12-5-3-2-4-6-12/h2-6,11,13,15-16H,7-10H2,1H3. The first kappa shape index (κ1) is 13.1. The quantitative estimate of drug-likeness (QED) is 0.786. The van der Waals surface area contributed by atoms with Gasteiger partial charge in [0.15, 0.2) is 0 Å². The molecule has 4 heteroatoms. The van der Waals surface area contributed by atoms with Gasteiger partial charge in [-0.05, 0) is 25.5 Å². The lowest BCUT2D eigenvalue weighted by molar-refractivity contribution is -0.147. The molecule has 1 heterocycles. The zero-order chi connectivity index (χ0) is 12.8. The predicted octanol–water partition coefficient (Wildman–Crippen LogP) is 1.07. The second-order valence-electron chi connectivity index (χ2n) is 4.70. The molecule has 1 fully saturated rings. The molecule has 1 aromatic rings. The van der Waals surface area contributed by atoms with Crippen LogP contribution in [0.1, 0.15) is 18.9 Å². The number of ether oxygens (including phenoxy) is 1. The average molecular weight is 248 g/mol. The fraction of sp³-hybridized carbons (Fsp3) is 0.500. The molecule has 0 saturated carbocycles. The smallest absolute Gasteiger partial charge is 0.324 e. The number of hydrogen-bond donors (Lipinski definition) is 2. The van der Waals surface area contributed by atoms with Crippen LogP contribution in [0.3, 0.4) is 0 Å². The fourth-order valence-electron chi connectivity index (χ4n) is 1.96. The molecular formula is C14H20N2O2. The van der Waals surface area contributed by atoms with Crippen molar-refractivity contribution in [1.82, 2.24) is 10.6 Å². The third-order valence-corrected chi connectivity index (χ3v) is 3.15. The summed E-state index contributed by atoms with van der Waals surface area (Å²) < 4.78 is 5.32. The molecule has 0 spiro atoms. The van der Waals surface area contributed by atoms with Crippen LogP contribution < -0.4 is 10.6 Å². The van der Waals surface area contributed by atoms with Gasteiger partial charge in [-0.15, -0.1) is 0 Å². The highest BCUT2D eigenvalue weighted by Crippen LogP contribution is 2.03. The molecule has 0 aliphatic carbocycles. The van der Waals surface area contributed by atoms with Crippen LogP contribution in [0.4, 0.5) is 0 Å². The second-order valence-corrected chi connectivity index (χ2v) is 4.70. The van der Waals surface area contributed by atoms with E-state index in [-0.39, 0.29) is 12.0 Å². The number of benzene rings is 1. The van der Waals surface area contributed by atoms with Crippen molar-refractivity contribution in [1.29, 1.82) is 0 Å². The Balaban J connectivity index is 1.80. The molecule has 18 heavy (non-hydrogen) atoms. The van der Waals surface area contributed by atoms with Crippen molar-refractivity contribution in [3.05, 3.63) is 35.9 Å². The van der Waals surface area contributed by atoms with E-state index in [1.807, 2.05) is 30.3 Å². The lowest BCUT2D eigenvalue weighted by Gasteiger charge is -2.15. The Morgan fingerprint density at radius 1 is 1.33 bits per heavy atom. The minimum atomic E-state index is -0.237. The Kier molecular flexibility index (Phi) is 4.73. The highest BCUT2D eigenvalue weighted by atomic mass is 16.5. The van der Waals surface area contributed by atoms with Gasteiger partial charge in [-0.1, -0.05) is 30.3 Å². The molecule has 1 aliphatic rings. The van der Waals surface area contributed by atoms with Gasteiger partial charge in [-0.25, -0.2) is 0 Å². The highest BCUT2D eigenvalue weighted by molar-refractivity contribution is 5.76. The Labute approximate surface area is 108 Å². The molecule has 0 aromatic heterocycles. The molecule has 1 saturated heterocycles. The van der Waals surface area contributed by atoms with E-state index in [2.05, 4.69) is 17.6 Å². The normalized spacial score (nSPS) is 24.3. The summed E-state index contributed by atoms with van der Waals surface area (Å²) in [6.45, 7) is 3.95. The van der Waals surface area contributed by atoms with E-state index in [1.165, 1.54) is 0 Å². The third-order valence-electron chi connectivity index (χ3n) is 3.15. The van der Waals surface area contributed by atoms with Crippen molar-refractivity contribution in [3.8, 4) is 0 Å². The largest absolute Gasteiger partial charge is 0.460 e. The summed E-state index contributed by atoms with van der Waals surface area (Å²) in [5, 5.41) is 6.52. The minimum Gasteiger partial charge on any atom is -0.460 e. The van der Waals surface area contributed by atoms with Gasteiger partial charge in [0.2, 0.25) is 0 Å². The maximum absolute atomic E-state index is 11.9. The van der Waals surface area contributed by atoms with Gasteiger partial charge in [0.25, 0.3) is 0 Å². The Morgan fingerprint density at radius 2 is 2.11 bits per heavy atom. The van der Waals surface area contributed by atoms with Crippen molar-refractivity contribution in [2.24, 2.45) is 0 Å². The summed E-state index contributed by atoms with van der Waals surface area (Å²) in [6, 6.07) is 9.95. The molecule has 1 aliphatic heterocycles. The highest BCUT2D eigenvalue weighted by Gasteiger charge is 2.22. The first-order chi connectivity index (χ1) is 8.75. The van der Waals surface area contributed by atoms with Crippen LogP contribution in [0, 0.1) is 0 Å². The minimum absolute atomic E-state index is 0.180. The van der Waals surface area contributed by atoms with Crippen LogP contribution in [-0.4, -0.2) is 31.1 Å². The zero-order valence-electron chi connectivity index (χ0n) is 10.7. The van der Waals surface area contributed by atoms with E-state index < -0.39 is 0 Å². The summed E-state index contributed by atoms with van der Waals surface area (Å²) in [7, 11) is 0. The molecule has 0 radical (unpaired) electrons. The monoisotopic (exact) mass is 248 g/mol. The summed E-state index contributed by atoms with van der Waals surface area (Å²) in [6.07, 6.45) is 1.03. The van der Waals surface area contributed by atoms with Crippen LogP contribution in [0.15, 0.2) is 30.3 Å². The topological polar surface area (TPSA) is 50.4 Å². The van der Waals surface area contributed by atoms with Crippen molar-refractivity contribution < 1.29 is 9.53 Å². The van der Waals surface area contributed by atoms with Gasteiger partial charge < -0.3 is 15.4 Å². The lowest BCUT2D eigenvalue weighted by atomic mass is 10.2. The first-order valence-corrected chi connectivity index (χ1v) is 6.43. The van der Waals surface area contributed by atoms with Gasteiger partial charge in [0.05, 0.1) is 0 Å². The maximum atomic E-state index is 11.9. The first-order valence-electron chi connectivity index (χ1n) is 6.43. The van der Waals surface area contributed by atoms with E-state index in [9.17, 15) is 4.79 Å². The molecular weight excluding hydrogens is 228 g/mol. The summed E-state index contributed by atoms with van der Waals surface area (Å²) >= 11 is 0. The van der Waals surface area contributed by atoms with Crippen molar-refractivity contribution in [3.63, 3.8) is 0 Å². The molecule has 2 atom stereocenters. The van der Waals surface area contributed by atoms with Crippen molar-refractivity contribution >= 4 is 5.97 Å². The van der Waals surface area contributed by atoms with Crippen molar-refractivity contribution in [2.45, 2.75) is 32.0 Å². The van der Waals surface area contributed by atoms with E-state index in [1.54, 1.807) is 0 Å². The fourth-order valence-corrected chi connectivity index (χ4v) is 1.96. The van der Waals surface area contributed by atoms with E-state index in [4.69, 9.17) is 4.74 Å². The van der Waals surface area contributed by atoms with Gasteiger partial charge in [-0.3, -0.25) is 4.79 Å². The van der Waals surface area contributed by atoms with Crippen LogP contribution in [-0.2, 0) is 16.1 Å². The van der Waals surface area contributed by atoms with Crippen LogP contribution in [0.5, 0.6) is 0 Å². The Hall–Kier alpha value is -1.39. The number of carbonyl (C=O) groups is 1. The van der Waals surface area contributed by atoms with Crippen LogP contribution >= 0.6 is 0 Å². The molecule has 0 bridgehead atoms. The van der Waals surface area contributed by atoms with Crippen molar-refractivity contribution in [2.75, 3.05) is 13.1 Å². The lowest BCUT2D eigenvalue weighted by Crippen LogP contribution is -2.43. The van der Waals surface area contributed by atoms with Gasteiger partial charge >= 0.3 is 5.97 Å². The Bertz CT molecular complexity index is 381. The summed E-state index contributed by atoms with van der Waals surface area (Å²) in [5.41, 5.74) is 1.01. The number of rotatable bonds is 3. The third kappa shape index (κ3) is 3.82. The van der Waals surface area contributed by atoms with E-state index >= 15 is 0 Å². The van der Waals surface area contributed by atoms with Gasteiger partial charge in [0, 0.05) is 12.6 Å². The van der Waals surface area contributed by atoms with Gasteiger partial charge in [0.1, 0.15) is 12.6 Å². The van der Waals surface area contributed by atoms with Gasteiger partial charge in [-0.2, -0.15) is 0 Å². The maximum Gasteiger partial charge on any atom is 0.324 e. The SMILES string of the molecule is CC1CCNC(C(=O)OCc2ccccc2)CN1. The molecule has 2 N–H and O–H groups in total. The molecule has 2 unspecified atom stereocenters. The number of carbonyl (C=O) groups excluding carboxylic acids is 1. The average Bonchev–Trinajstić information content (AvgIpc) is 2.62. The molecule has 2 rings (SSSR count).